The van der Waals surface area contributed by atoms with E-state index < -0.39 is 0 Å². The summed E-state index contributed by atoms with van der Waals surface area (Å²) in [6.45, 7) is 6.74. The van der Waals surface area contributed by atoms with Crippen molar-refractivity contribution in [2.45, 2.75) is 51.1 Å². The van der Waals surface area contributed by atoms with Crippen molar-refractivity contribution in [2.75, 3.05) is 6.54 Å². The van der Waals surface area contributed by atoms with Crippen LogP contribution < -0.4 is 5.32 Å². The van der Waals surface area contributed by atoms with E-state index in [1.807, 2.05) is 6.07 Å². The third kappa shape index (κ3) is 3.73. The Bertz CT molecular complexity index is 624. The maximum Gasteiger partial charge on any atom is 0.269 e. The summed E-state index contributed by atoms with van der Waals surface area (Å²) in [6.07, 6.45) is 7.34. The lowest BCUT2D eigenvalue weighted by Gasteiger charge is -2.13. The summed E-state index contributed by atoms with van der Waals surface area (Å²) in [6, 6.07) is 1.84. The minimum Gasteiger partial charge on any atom is -0.351 e. The molecule has 2 heterocycles. The van der Waals surface area contributed by atoms with Gasteiger partial charge >= 0.3 is 0 Å². The van der Waals surface area contributed by atoms with Crippen molar-refractivity contribution < 1.29 is 4.79 Å². The minimum absolute atomic E-state index is 0.0820. The second kappa shape index (κ2) is 5.91. The number of hydrogen-bond acceptors (Lipinski definition) is 4. The number of carbonyl (C=O) groups is 1. The molecule has 0 fully saturated rings. The first-order valence-electron chi connectivity index (χ1n) is 7.48. The quantitative estimate of drug-likeness (QED) is 0.820. The molecule has 1 aliphatic heterocycles. The highest BCUT2D eigenvalue weighted by Crippen LogP contribution is 2.36. The first kappa shape index (κ1) is 16.2. The van der Waals surface area contributed by atoms with Crippen molar-refractivity contribution in [1.82, 2.24) is 15.1 Å². The number of carbonyl (C=O) groups excluding carboxylic acids is 1. The second-order valence-electron chi connectivity index (χ2n) is 6.68. The van der Waals surface area contributed by atoms with Crippen molar-refractivity contribution in [3.8, 4) is 12.3 Å². The Balaban J connectivity index is 1.88. The smallest absolute Gasteiger partial charge is 0.269 e. The molecule has 1 aromatic heterocycles. The summed E-state index contributed by atoms with van der Waals surface area (Å²) in [5.41, 5.74) is 1.02. The van der Waals surface area contributed by atoms with Gasteiger partial charge < -0.3 is 5.32 Å². The lowest BCUT2D eigenvalue weighted by atomic mass is 9.92. The monoisotopic (exact) mass is 301 g/mol. The Kier molecular flexibility index (Phi) is 4.36. The summed E-state index contributed by atoms with van der Waals surface area (Å²) in [7, 11) is 1.78. The number of hydrogen-bond donors (Lipinski definition) is 1. The van der Waals surface area contributed by atoms with Crippen LogP contribution in [0.3, 0.4) is 0 Å². The third-order valence-corrected chi connectivity index (χ3v) is 3.74. The van der Waals surface area contributed by atoms with Gasteiger partial charge in [-0.1, -0.05) is 20.8 Å². The zero-order valence-electron chi connectivity index (χ0n) is 13.7. The molecule has 6 heteroatoms. The summed E-state index contributed by atoms with van der Waals surface area (Å²) in [4.78, 5) is 12.3. The van der Waals surface area contributed by atoms with Gasteiger partial charge in [0.15, 0.2) is 5.66 Å². The molecule has 2 rings (SSSR count). The van der Waals surface area contributed by atoms with E-state index in [0.717, 1.165) is 12.1 Å². The van der Waals surface area contributed by atoms with E-state index in [0.29, 0.717) is 25.1 Å². The van der Waals surface area contributed by atoms with Crippen LogP contribution in [0.25, 0.3) is 0 Å². The van der Waals surface area contributed by atoms with Crippen LogP contribution in [0.5, 0.6) is 0 Å². The molecule has 0 saturated carbocycles. The average Bonchev–Trinajstić information content (AvgIpc) is 3.08. The molecule has 118 valence electrons. The Labute approximate surface area is 131 Å². The molecule has 1 amide bonds. The van der Waals surface area contributed by atoms with Crippen LogP contribution in [0, 0.1) is 12.3 Å². The molecule has 0 atom stereocenters. The third-order valence-electron chi connectivity index (χ3n) is 3.74. The predicted molar refractivity (Wildman–Crippen MR) is 84.5 cm³/mol. The van der Waals surface area contributed by atoms with Crippen molar-refractivity contribution in [3.63, 3.8) is 0 Å². The number of rotatable bonds is 6. The van der Waals surface area contributed by atoms with E-state index in [-0.39, 0.29) is 17.0 Å². The fourth-order valence-electron chi connectivity index (χ4n) is 2.18. The van der Waals surface area contributed by atoms with Crippen molar-refractivity contribution in [3.05, 3.63) is 17.5 Å². The Morgan fingerprint density at radius 2 is 2.09 bits per heavy atom. The van der Waals surface area contributed by atoms with E-state index in [1.165, 1.54) is 0 Å². The van der Waals surface area contributed by atoms with Crippen LogP contribution in [0.15, 0.2) is 16.3 Å². The standard InChI is InChI=1S/C16H23N5O/c1-6-7-8-16(19-20-16)9-10-17-14(22)12-11-13(15(2,3)4)18-21(12)5/h1,11H,7-10H2,2-5H3,(H,17,22). The molecule has 22 heavy (non-hydrogen) atoms. The number of aryl methyl sites for hydroxylation is 1. The van der Waals surface area contributed by atoms with Gasteiger partial charge in [0, 0.05) is 38.3 Å². The summed E-state index contributed by atoms with van der Waals surface area (Å²) in [5.74, 6) is 2.47. The number of nitrogens with one attached hydrogen (secondary N) is 1. The Hall–Kier alpha value is -2.16. The molecule has 0 saturated heterocycles. The van der Waals surface area contributed by atoms with Gasteiger partial charge in [-0.15, -0.1) is 12.3 Å². The van der Waals surface area contributed by atoms with Gasteiger partial charge in [0.25, 0.3) is 5.91 Å². The zero-order valence-corrected chi connectivity index (χ0v) is 13.7. The molecular weight excluding hydrogens is 278 g/mol. The van der Waals surface area contributed by atoms with Crippen LogP contribution >= 0.6 is 0 Å². The molecular formula is C16H23N5O. The molecule has 1 aliphatic rings. The Morgan fingerprint density at radius 1 is 1.41 bits per heavy atom. The normalized spacial score (nSPS) is 15.4. The van der Waals surface area contributed by atoms with E-state index in [9.17, 15) is 4.79 Å². The topological polar surface area (TPSA) is 71.6 Å². The molecule has 0 bridgehead atoms. The predicted octanol–water partition coefficient (Wildman–Crippen LogP) is 2.41. The first-order chi connectivity index (χ1) is 10.3. The van der Waals surface area contributed by atoms with Gasteiger partial charge in [-0.2, -0.15) is 15.3 Å². The molecule has 0 spiro atoms. The molecule has 1 aromatic rings. The minimum atomic E-state index is -0.358. The average molecular weight is 301 g/mol. The number of terminal acetylenes is 1. The van der Waals surface area contributed by atoms with Crippen LogP contribution in [-0.2, 0) is 12.5 Å². The molecule has 6 nitrogen and oxygen atoms in total. The molecule has 1 N–H and O–H groups in total. The maximum absolute atomic E-state index is 12.3. The van der Waals surface area contributed by atoms with E-state index >= 15 is 0 Å². The van der Waals surface area contributed by atoms with Crippen molar-refractivity contribution >= 4 is 5.91 Å². The van der Waals surface area contributed by atoms with Gasteiger partial charge in [-0.05, 0) is 6.07 Å². The highest BCUT2D eigenvalue weighted by atomic mass is 16.2. The fourth-order valence-corrected chi connectivity index (χ4v) is 2.18. The van der Waals surface area contributed by atoms with Crippen molar-refractivity contribution in [1.29, 1.82) is 0 Å². The largest absolute Gasteiger partial charge is 0.351 e. The van der Waals surface area contributed by atoms with E-state index in [1.54, 1.807) is 11.7 Å². The Morgan fingerprint density at radius 3 is 2.59 bits per heavy atom. The molecule has 0 unspecified atom stereocenters. The molecule has 0 radical (unpaired) electrons. The lowest BCUT2D eigenvalue weighted by Crippen LogP contribution is -2.29. The summed E-state index contributed by atoms with van der Waals surface area (Å²) >= 11 is 0. The molecule has 0 aromatic carbocycles. The van der Waals surface area contributed by atoms with Gasteiger partial charge in [0.1, 0.15) is 5.69 Å². The fraction of sp³-hybridized carbons (Fsp3) is 0.625. The number of nitrogens with zero attached hydrogens (tertiary/aromatic N) is 4. The second-order valence-corrected chi connectivity index (χ2v) is 6.68. The van der Waals surface area contributed by atoms with Gasteiger partial charge in [0.2, 0.25) is 0 Å². The van der Waals surface area contributed by atoms with E-state index in [4.69, 9.17) is 6.42 Å². The van der Waals surface area contributed by atoms with Gasteiger partial charge in [-0.25, -0.2) is 0 Å². The van der Waals surface area contributed by atoms with Crippen LogP contribution in [0.1, 0.15) is 56.2 Å². The van der Waals surface area contributed by atoms with Gasteiger partial charge in [-0.3, -0.25) is 9.48 Å². The van der Waals surface area contributed by atoms with Crippen LogP contribution in [0.4, 0.5) is 0 Å². The summed E-state index contributed by atoms with van der Waals surface area (Å²) < 4.78 is 1.62. The lowest BCUT2D eigenvalue weighted by molar-refractivity contribution is 0.0942. The zero-order chi connectivity index (χ0) is 16.4. The molecule has 0 aliphatic carbocycles. The summed E-state index contributed by atoms with van der Waals surface area (Å²) in [5, 5.41) is 15.4. The van der Waals surface area contributed by atoms with E-state index in [2.05, 4.69) is 47.3 Å². The van der Waals surface area contributed by atoms with Crippen LogP contribution in [-0.4, -0.2) is 27.9 Å². The number of amides is 1. The van der Waals surface area contributed by atoms with Gasteiger partial charge in [0.05, 0.1) is 5.69 Å². The van der Waals surface area contributed by atoms with Crippen LogP contribution in [0.2, 0.25) is 0 Å². The maximum atomic E-state index is 12.3. The highest BCUT2D eigenvalue weighted by molar-refractivity contribution is 5.92. The SMILES string of the molecule is C#CCCC1(CCNC(=O)c2cc(C(C)(C)C)nn2C)N=N1. The highest BCUT2D eigenvalue weighted by Gasteiger charge is 2.38. The number of aromatic nitrogens is 2. The first-order valence-corrected chi connectivity index (χ1v) is 7.48. The van der Waals surface area contributed by atoms with Crippen molar-refractivity contribution in [2.24, 2.45) is 17.3 Å².